The van der Waals surface area contributed by atoms with Gasteiger partial charge >= 0.3 is 0 Å². The Bertz CT molecular complexity index is 459. The van der Waals surface area contributed by atoms with E-state index >= 15 is 0 Å². The van der Waals surface area contributed by atoms with E-state index in [0.717, 1.165) is 11.1 Å². The van der Waals surface area contributed by atoms with Gasteiger partial charge in [-0.1, -0.05) is 41.5 Å². The Morgan fingerprint density at radius 3 is 2.94 bits per heavy atom. The van der Waals surface area contributed by atoms with Crippen molar-refractivity contribution >= 4 is 11.9 Å². The van der Waals surface area contributed by atoms with Gasteiger partial charge in [-0.2, -0.15) is 0 Å². The van der Waals surface area contributed by atoms with Crippen LogP contribution < -0.4 is 0 Å². The lowest BCUT2D eigenvalue weighted by Gasteiger charge is -2.02. The van der Waals surface area contributed by atoms with E-state index in [4.69, 9.17) is 5.53 Å². The van der Waals surface area contributed by atoms with Gasteiger partial charge in [0.1, 0.15) is 5.78 Å². The number of carbonyl (C=O) groups excluding carboxylic acids is 1. The average molecular weight is 229 g/mol. The highest BCUT2D eigenvalue weighted by molar-refractivity contribution is 5.79. The number of azide groups is 1. The van der Waals surface area contributed by atoms with E-state index in [1.165, 1.54) is 0 Å². The fourth-order valence-electron chi connectivity index (χ4n) is 1.51. The molecule has 0 unspecified atom stereocenters. The molecule has 17 heavy (non-hydrogen) atoms. The Morgan fingerprint density at radius 2 is 2.24 bits per heavy atom. The zero-order valence-electron chi connectivity index (χ0n) is 9.84. The summed E-state index contributed by atoms with van der Waals surface area (Å²) in [5.41, 5.74) is 10.2. The van der Waals surface area contributed by atoms with Crippen molar-refractivity contribution in [3.8, 4) is 0 Å². The first-order chi connectivity index (χ1) is 8.24. The normalized spacial score (nSPS) is 10.2. The molecule has 4 nitrogen and oxygen atoms in total. The van der Waals surface area contributed by atoms with Crippen LogP contribution in [0.5, 0.6) is 0 Å². The monoisotopic (exact) mass is 229 g/mol. The van der Waals surface area contributed by atoms with Crippen LogP contribution in [0.15, 0.2) is 35.5 Å². The lowest BCUT2D eigenvalue weighted by molar-refractivity contribution is -0.116. The summed E-state index contributed by atoms with van der Waals surface area (Å²) < 4.78 is 0. The minimum atomic E-state index is 0.153. The molecule has 0 aromatic heterocycles. The average Bonchev–Trinajstić information content (AvgIpc) is 2.30. The number of carbonyl (C=O) groups is 1. The molecule has 0 radical (unpaired) electrons. The van der Waals surface area contributed by atoms with Crippen LogP contribution in [0.3, 0.4) is 0 Å². The van der Waals surface area contributed by atoms with Crippen LogP contribution in [0, 0.1) is 0 Å². The third-order valence-electron chi connectivity index (χ3n) is 2.25. The first-order valence-corrected chi connectivity index (χ1v) is 5.49. The van der Waals surface area contributed by atoms with Crippen LogP contribution >= 0.6 is 0 Å². The predicted molar refractivity (Wildman–Crippen MR) is 68.5 cm³/mol. The summed E-state index contributed by atoms with van der Waals surface area (Å²) in [7, 11) is 0. The van der Waals surface area contributed by atoms with E-state index in [0.29, 0.717) is 19.4 Å². The number of ketones is 1. The lowest BCUT2D eigenvalue weighted by Crippen LogP contribution is -1.98. The molecular weight excluding hydrogens is 214 g/mol. The molecule has 0 atom stereocenters. The molecule has 1 rings (SSSR count). The smallest absolute Gasteiger partial charge is 0.134 e. The van der Waals surface area contributed by atoms with E-state index in [1.54, 1.807) is 6.92 Å². The van der Waals surface area contributed by atoms with E-state index in [1.807, 2.05) is 36.4 Å². The van der Waals surface area contributed by atoms with Gasteiger partial charge in [-0.05, 0) is 30.0 Å². The molecule has 0 saturated heterocycles. The van der Waals surface area contributed by atoms with Gasteiger partial charge in [0.25, 0.3) is 0 Å². The molecule has 1 aromatic rings. The maximum atomic E-state index is 11.1. The molecular formula is C13H15N3O. The summed E-state index contributed by atoms with van der Waals surface area (Å²) in [6.07, 6.45) is 5.08. The Morgan fingerprint density at radius 1 is 1.47 bits per heavy atom. The quantitative estimate of drug-likeness (QED) is 0.318. The molecule has 0 aliphatic heterocycles. The summed E-state index contributed by atoms with van der Waals surface area (Å²) in [5, 5.41) is 3.45. The number of rotatable bonds is 6. The molecule has 0 amide bonds. The van der Waals surface area contributed by atoms with Crippen LogP contribution in [0.4, 0.5) is 0 Å². The van der Waals surface area contributed by atoms with Gasteiger partial charge in [0.05, 0.1) is 0 Å². The zero-order valence-corrected chi connectivity index (χ0v) is 9.84. The largest absolute Gasteiger partial charge is 0.300 e. The maximum Gasteiger partial charge on any atom is 0.134 e. The molecule has 0 fully saturated rings. The number of Topliss-reactive ketones (excluding diaryl/α,β-unsaturated/α-hetero) is 1. The van der Waals surface area contributed by atoms with Crippen LogP contribution in [0.1, 0.15) is 24.5 Å². The van der Waals surface area contributed by atoms with Crippen molar-refractivity contribution in [1.82, 2.24) is 0 Å². The van der Waals surface area contributed by atoms with Gasteiger partial charge in [0, 0.05) is 17.9 Å². The Balaban J connectivity index is 2.69. The van der Waals surface area contributed by atoms with Crippen LogP contribution in [-0.4, -0.2) is 12.3 Å². The molecule has 0 spiro atoms. The Kier molecular flexibility index (Phi) is 5.55. The summed E-state index contributed by atoms with van der Waals surface area (Å²) in [4.78, 5) is 13.8. The van der Waals surface area contributed by atoms with Crippen molar-refractivity contribution in [3.05, 3.63) is 51.9 Å². The van der Waals surface area contributed by atoms with Gasteiger partial charge in [0.2, 0.25) is 0 Å². The lowest BCUT2D eigenvalue weighted by atomic mass is 10.0. The first-order valence-electron chi connectivity index (χ1n) is 5.49. The third-order valence-corrected chi connectivity index (χ3v) is 2.25. The summed E-state index contributed by atoms with van der Waals surface area (Å²) in [5.74, 6) is 0.153. The third kappa shape index (κ3) is 5.00. The Hall–Kier alpha value is -2.06. The van der Waals surface area contributed by atoms with Crippen molar-refractivity contribution < 1.29 is 4.79 Å². The second-order valence-electron chi connectivity index (χ2n) is 3.72. The molecule has 88 valence electrons. The van der Waals surface area contributed by atoms with Gasteiger partial charge in [-0.15, -0.1) is 0 Å². The van der Waals surface area contributed by atoms with Gasteiger partial charge in [-0.3, -0.25) is 4.79 Å². The SMILES string of the molecule is CC(=O)Cc1ccccc1C=CCCN=[N+]=[N-]. The number of benzene rings is 1. The maximum absolute atomic E-state index is 11.1. The van der Waals surface area contributed by atoms with Gasteiger partial charge < -0.3 is 0 Å². The van der Waals surface area contributed by atoms with Gasteiger partial charge in [0.15, 0.2) is 0 Å². The van der Waals surface area contributed by atoms with E-state index in [-0.39, 0.29) is 5.78 Å². The fraction of sp³-hybridized carbons (Fsp3) is 0.308. The second-order valence-corrected chi connectivity index (χ2v) is 3.72. The van der Waals surface area contributed by atoms with Crippen molar-refractivity contribution in [2.24, 2.45) is 5.11 Å². The highest BCUT2D eigenvalue weighted by Crippen LogP contribution is 2.12. The number of nitrogens with zero attached hydrogens (tertiary/aromatic N) is 3. The van der Waals surface area contributed by atoms with Crippen molar-refractivity contribution in [3.63, 3.8) is 0 Å². The second kappa shape index (κ2) is 7.25. The molecule has 0 bridgehead atoms. The number of hydrogen-bond donors (Lipinski definition) is 0. The summed E-state index contributed by atoms with van der Waals surface area (Å²) in [6, 6.07) is 7.79. The highest BCUT2D eigenvalue weighted by Gasteiger charge is 2.01. The Labute approximate surface area is 101 Å². The van der Waals surface area contributed by atoms with E-state index in [2.05, 4.69) is 10.0 Å². The van der Waals surface area contributed by atoms with Crippen molar-refractivity contribution in [2.75, 3.05) is 6.54 Å². The molecule has 0 heterocycles. The molecule has 0 aliphatic rings. The first kappa shape index (κ1) is 13.0. The molecule has 0 saturated carbocycles. The van der Waals surface area contributed by atoms with Crippen LogP contribution in [0.2, 0.25) is 0 Å². The summed E-state index contributed by atoms with van der Waals surface area (Å²) >= 11 is 0. The molecule has 0 aliphatic carbocycles. The standard InChI is InChI=1S/C13H15N3O/c1-11(17)10-13-8-3-2-6-12(13)7-4-5-9-15-16-14/h2-4,6-8H,5,9-10H2,1H3. The molecule has 0 N–H and O–H groups in total. The van der Waals surface area contributed by atoms with E-state index in [9.17, 15) is 4.79 Å². The predicted octanol–water partition coefficient (Wildman–Crippen LogP) is 3.53. The van der Waals surface area contributed by atoms with E-state index < -0.39 is 0 Å². The fourth-order valence-corrected chi connectivity index (χ4v) is 1.51. The van der Waals surface area contributed by atoms with Crippen LogP contribution in [0.25, 0.3) is 16.5 Å². The topological polar surface area (TPSA) is 65.8 Å². The zero-order chi connectivity index (χ0) is 12.5. The highest BCUT2D eigenvalue weighted by atomic mass is 16.1. The van der Waals surface area contributed by atoms with Crippen molar-refractivity contribution in [2.45, 2.75) is 19.8 Å². The minimum absolute atomic E-state index is 0.153. The van der Waals surface area contributed by atoms with Crippen LogP contribution in [-0.2, 0) is 11.2 Å². The summed E-state index contributed by atoms with van der Waals surface area (Å²) in [6.45, 7) is 2.05. The molecule has 4 heteroatoms. The van der Waals surface area contributed by atoms with Crippen molar-refractivity contribution in [1.29, 1.82) is 0 Å². The van der Waals surface area contributed by atoms with Gasteiger partial charge in [-0.25, -0.2) is 0 Å². The number of hydrogen-bond acceptors (Lipinski definition) is 2. The minimum Gasteiger partial charge on any atom is -0.300 e. The molecule has 1 aromatic carbocycles.